The molecular formula is C19H16F2N4O2. The van der Waals surface area contributed by atoms with Gasteiger partial charge in [0.25, 0.3) is 11.8 Å². The quantitative estimate of drug-likeness (QED) is 0.723. The molecule has 1 heterocycles. The second-order valence-electron chi connectivity index (χ2n) is 5.76. The van der Waals surface area contributed by atoms with E-state index < -0.39 is 23.4 Å². The zero-order chi connectivity index (χ0) is 19.6. The number of nitrogens with two attached hydrogens (primary N) is 1. The summed E-state index contributed by atoms with van der Waals surface area (Å²) in [5.74, 6) is -3.22. The fourth-order valence-corrected chi connectivity index (χ4v) is 2.67. The molecule has 2 amide bonds. The van der Waals surface area contributed by atoms with E-state index in [2.05, 4.69) is 10.4 Å². The molecular weight excluding hydrogens is 354 g/mol. The number of halogens is 2. The van der Waals surface area contributed by atoms with Crippen LogP contribution in [0.15, 0.2) is 48.7 Å². The van der Waals surface area contributed by atoms with Crippen LogP contribution in [0.4, 0.5) is 14.5 Å². The van der Waals surface area contributed by atoms with Gasteiger partial charge in [0.05, 0.1) is 23.1 Å². The summed E-state index contributed by atoms with van der Waals surface area (Å²) < 4.78 is 27.8. The Morgan fingerprint density at radius 2 is 1.81 bits per heavy atom. The molecule has 8 heteroatoms. The highest BCUT2D eigenvalue weighted by molar-refractivity contribution is 6.04. The maximum atomic E-state index is 13.3. The molecule has 27 heavy (non-hydrogen) atoms. The summed E-state index contributed by atoms with van der Waals surface area (Å²) in [5, 5.41) is 6.79. The minimum atomic E-state index is -1.09. The van der Waals surface area contributed by atoms with Crippen LogP contribution in [0.3, 0.4) is 0 Å². The number of anilines is 1. The molecule has 3 aromatic rings. The maximum absolute atomic E-state index is 13.3. The van der Waals surface area contributed by atoms with Gasteiger partial charge >= 0.3 is 0 Å². The number of hydrogen-bond acceptors (Lipinski definition) is 3. The Morgan fingerprint density at radius 1 is 1.11 bits per heavy atom. The zero-order valence-corrected chi connectivity index (χ0v) is 14.4. The van der Waals surface area contributed by atoms with Crippen molar-refractivity contribution in [2.75, 3.05) is 5.32 Å². The lowest BCUT2D eigenvalue weighted by atomic mass is 10.2. The molecule has 0 radical (unpaired) electrons. The minimum Gasteiger partial charge on any atom is -0.365 e. The average molecular weight is 370 g/mol. The Balaban J connectivity index is 1.80. The van der Waals surface area contributed by atoms with Crippen LogP contribution in [-0.2, 0) is 6.42 Å². The van der Waals surface area contributed by atoms with Crippen molar-refractivity contribution < 1.29 is 18.4 Å². The summed E-state index contributed by atoms with van der Waals surface area (Å²) in [6.07, 6.45) is 1.98. The van der Waals surface area contributed by atoms with Gasteiger partial charge in [0.1, 0.15) is 0 Å². The van der Waals surface area contributed by atoms with E-state index in [1.54, 1.807) is 28.9 Å². The lowest BCUT2D eigenvalue weighted by Gasteiger charge is -2.09. The second kappa shape index (κ2) is 7.36. The van der Waals surface area contributed by atoms with Crippen molar-refractivity contribution >= 4 is 17.5 Å². The summed E-state index contributed by atoms with van der Waals surface area (Å²) >= 11 is 0. The summed E-state index contributed by atoms with van der Waals surface area (Å²) in [6.45, 7) is 1.89. The third-order valence-electron chi connectivity index (χ3n) is 4.02. The van der Waals surface area contributed by atoms with Crippen molar-refractivity contribution in [3.8, 4) is 5.69 Å². The lowest BCUT2D eigenvalue weighted by molar-refractivity contribution is 0.0996. The van der Waals surface area contributed by atoms with Crippen LogP contribution in [0.1, 0.15) is 33.3 Å². The molecule has 0 aliphatic heterocycles. The van der Waals surface area contributed by atoms with Crippen molar-refractivity contribution in [1.82, 2.24) is 9.78 Å². The Morgan fingerprint density at radius 3 is 2.41 bits per heavy atom. The number of aromatic nitrogens is 2. The zero-order valence-electron chi connectivity index (χ0n) is 14.4. The van der Waals surface area contributed by atoms with Crippen molar-refractivity contribution in [2.24, 2.45) is 5.73 Å². The first-order chi connectivity index (χ1) is 12.9. The van der Waals surface area contributed by atoms with Gasteiger partial charge in [-0.15, -0.1) is 0 Å². The largest absolute Gasteiger partial charge is 0.365 e. The number of carbonyl (C=O) groups excluding carboxylic acids is 2. The topological polar surface area (TPSA) is 90.0 Å². The molecule has 0 atom stereocenters. The lowest BCUT2D eigenvalue weighted by Crippen LogP contribution is -2.14. The number of carbonyl (C=O) groups is 2. The Labute approximate surface area is 153 Å². The van der Waals surface area contributed by atoms with E-state index in [0.717, 1.165) is 12.1 Å². The maximum Gasteiger partial charge on any atom is 0.255 e. The SMILES string of the molecule is CCc1c(C(N)=O)cnn1-c1ccc(NC(=O)c2ccc(F)c(F)c2)cc1. The average Bonchev–Trinajstić information content (AvgIpc) is 3.09. The van der Waals surface area contributed by atoms with E-state index in [1.807, 2.05) is 6.92 Å². The van der Waals surface area contributed by atoms with E-state index in [0.29, 0.717) is 29.1 Å². The van der Waals surface area contributed by atoms with Crippen LogP contribution in [0.2, 0.25) is 0 Å². The molecule has 0 saturated heterocycles. The molecule has 0 fully saturated rings. The van der Waals surface area contributed by atoms with Crippen LogP contribution in [0.5, 0.6) is 0 Å². The van der Waals surface area contributed by atoms with Gasteiger partial charge in [0, 0.05) is 11.3 Å². The minimum absolute atomic E-state index is 0.00409. The van der Waals surface area contributed by atoms with E-state index in [1.165, 1.54) is 12.3 Å². The standard InChI is InChI=1S/C19H16F2N4O2/c1-2-17-14(18(22)26)10-23-25(17)13-6-4-12(5-7-13)24-19(27)11-3-8-15(20)16(21)9-11/h3-10H,2H2,1H3,(H2,22,26)(H,24,27). The van der Waals surface area contributed by atoms with Crippen molar-refractivity contribution in [1.29, 1.82) is 0 Å². The van der Waals surface area contributed by atoms with Gasteiger partial charge < -0.3 is 11.1 Å². The fourth-order valence-electron chi connectivity index (χ4n) is 2.67. The fraction of sp³-hybridized carbons (Fsp3) is 0.105. The normalized spacial score (nSPS) is 10.6. The predicted molar refractivity (Wildman–Crippen MR) is 95.8 cm³/mol. The van der Waals surface area contributed by atoms with Gasteiger partial charge in [-0.25, -0.2) is 13.5 Å². The number of amides is 2. The monoisotopic (exact) mass is 370 g/mol. The predicted octanol–water partition coefficient (Wildman–Crippen LogP) is 3.06. The first kappa shape index (κ1) is 18.2. The second-order valence-corrected chi connectivity index (χ2v) is 5.76. The molecule has 0 bridgehead atoms. The van der Waals surface area contributed by atoms with E-state index in [9.17, 15) is 18.4 Å². The third-order valence-corrected chi connectivity index (χ3v) is 4.02. The smallest absolute Gasteiger partial charge is 0.255 e. The van der Waals surface area contributed by atoms with Crippen LogP contribution >= 0.6 is 0 Å². The van der Waals surface area contributed by atoms with E-state index in [-0.39, 0.29) is 5.56 Å². The van der Waals surface area contributed by atoms with Crippen LogP contribution in [0, 0.1) is 11.6 Å². The molecule has 3 rings (SSSR count). The first-order valence-electron chi connectivity index (χ1n) is 8.14. The van der Waals surface area contributed by atoms with E-state index in [4.69, 9.17) is 5.73 Å². The molecule has 3 N–H and O–H groups in total. The Kier molecular flexibility index (Phi) is 4.98. The van der Waals surface area contributed by atoms with Crippen LogP contribution in [0.25, 0.3) is 5.69 Å². The van der Waals surface area contributed by atoms with Crippen molar-refractivity contribution in [2.45, 2.75) is 13.3 Å². The Bertz CT molecular complexity index is 1010. The highest BCUT2D eigenvalue weighted by Crippen LogP contribution is 2.19. The number of rotatable bonds is 5. The van der Waals surface area contributed by atoms with Gasteiger partial charge in [-0.05, 0) is 48.9 Å². The molecule has 0 saturated carbocycles. The molecule has 0 unspecified atom stereocenters. The number of nitrogens with zero attached hydrogens (tertiary/aromatic N) is 2. The van der Waals surface area contributed by atoms with Gasteiger partial charge in [0.15, 0.2) is 11.6 Å². The van der Waals surface area contributed by atoms with Gasteiger partial charge in [0.2, 0.25) is 0 Å². The van der Waals surface area contributed by atoms with Gasteiger partial charge in [-0.3, -0.25) is 9.59 Å². The summed E-state index contributed by atoms with van der Waals surface area (Å²) in [4.78, 5) is 23.6. The van der Waals surface area contributed by atoms with Gasteiger partial charge in [-0.1, -0.05) is 6.92 Å². The van der Waals surface area contributed by atoms with Crippen molar-refractivity contribution in [3.63, 3.8) is 0 Å². The molecule has 6 nitrogen and oxygen atoms in total. The Hall–Kier alpha value is -3.55. The highest BCUT2D eigenvalue weighted by Gasteiger charge is 2.15. The summed E-state index contributed by atoms with van der Waals surface area (Å²) in [7, 11) is 0. The van der Waals surface area contributed by atoms with Gasteiger partial charge in [-0.2, -0.15) is 5.10 Å². The number of nitrogens with one attached hydrogen (secondary N) is 1. The number of hydrogen-bond donors (Lipinski definition) is 2. The molecule has 0 spiro atoms. The summed E-state index contributed by atoms with van der Waals surface area (Å²) in [6, 6.07) is 9.62. The number of primary amides is 1. The van der Waals surface area contributed by atoms with Crippen LogP contribution < -0.4 is 11.1 Å². The third kappa shape index (κ3) is 3.69. The van der Waals surface area contributed by atoms with E-state index >= 15 is 0 Å². The molecule has 138 valence electrons. The number of benzene rings is 2. The molecule has 2 aromatic carbocycles. The summed E-state index contributed by atoms with van der Waals surface area (Å²) in [5.41, 5.74) is 7.54. The van der Waals surface area contributed by atoms with Crippen molar-refractivity contribution in [3.05, 3.63) is 77.1 Å². The van der Waals surface area contributed by atoms with Crippen LogP contribution in [-0.4, -0.2) is 21.6 Å². The highest BCUT2D eigenvalue weighted by atomic mass is 19.2. The first-order valence-corrected chi connectivity index (χ1v) is 8.14. The molecule has 0 aliphatic carbocycles. The molecule has 0 aliphatic rings. The molecule has 1 aromatic heterocycles.